The van der Waals surface area contributed by atoms with E-state index >= 15 is 0 Å². The molecular formula is C19H24N4O3. The Morgan fingerprint density at radius 1 is 1.15 bits per heavy atom. The maximum Gasteiger partial charge on any atom is 0.321 e. The first-order valence-electron chi connectivity index (χ1n) is 8.41. The molecule has 138 valence electrons. The molecule has 1 heterocycles. The van der Waals surface area contributed by atoms with Gasteiger partial charge in [-0.15, -0.1) is 0 Å². The lowest BCUT2D eigenvalue weighted by atomic mass is 10.1. The van der Waals surface area contributed by atoms with Crippen LogP contribution in [0.4, 0.5) is 4.79 Å². The van der Waals surface area contributed by atoms with Crippen LogP contribution in [0.2, 0.25) is 0 Å². The van der Waals surface area contributed by atoms with Crippen molar-refractivity contribution in [2.75, 3.05) is 7.05 Å². The van der Waals surface area contributed by atoms with Crippen molar-refractivity contribution >= 4 is 11.9 Å². The molecule has 0 saturated heterocycles. The summed E-state index contributed by atoms with van der Waals surface area (Å²) in [6, 6.07) is 12.2. The zero-order valence-corrected chi connectivity index (χ0v) is 15.2. The highest BCUT2D eigenvalue weighted by atomic mass is 16.5. The predicted molar refractivity (Wildman–Crippen MR) is 98.6 cm³/mol. The second kappa shape index (κ2) is 9.53. The number of pyridine rings is 1. The average molecular weight is 356 g/mol. The van der Waals surface area contributed by atoms with E-state index in [0.717, 1.165) is 17.0 Å². The van der Waals surface area contributed by atoms with E-state index in [-0.39, 0.29) is 6.04 Å². The molecule has 3 N–H and O–H groups in total. The standard InChI is InChI=1S/C19H24N4O3/c1-13(22-14(2)18(24)23-19(25)20-3)15-7-6-9-17(11-15)26-12-16-8-4-5-10-21-16/h4-11,13-14,22H,12H2,1-3H3,(H2,20,23,24,25)/t13-,14+/m0/s1. The van der Waals surface area contributed by atoms with Gasteiger partial charge in [-0.05, 0) is 43.7 Å². The minimum absolute atomic E-state index is 0.0983. The zero-order valence-electron chi connectivity index (χ0n) is 15.2. The van der Waals surface area contributed by atoms with Crippen molar-refractivity contribution in [2.45, 2.75) is 32.5 Å². The monoisotopic (exact) mass is 356 g/mol. The number of ether oxygens (including phenoxy) is 1. The number of urea groups is 1. The Labute approximate surface area is 153 Å². The largest absolute Gasteiger partial charge is 0.487 e. The summed E-state index contributed by atoms with van der Waals surface area (Å²) in [6.07, 6.45) is 1.73. The van der Waals surface area contributed by atoms with Gasteiger partial charge in [0.25, 0.3) is 0 Å². The number of imide groups is 1. The molecule has 2 aromatic rings. The van der Waals surface area contributed by atoms with Crippen LogP contribution in [0.25, 0.3) is 0 Å². The minimum atomic E-state index is -0.527. The molecule has 1 aromatic heterocycles. The van der Waals surface area contributed by atoms with Gasteiger partial charge in [-0.2, -0.15) is 0 Å². The maximum atomic E-state index is 11.9. The summed E-state index contributed by atoms with van der Waals surface area (Å²) < 4.78 is 5.78. The van der Waals surface area contributed by atoms with E-state index in [1.54, 1.807) is 13.1 Å². The lowest BCUT2D eigenvalue weighted by molar-refractivity contribution is -0.121. The molecule has 0 aliphatic heterocycles. The summed E-state index contributed by atoms with van der Waals surface area (Å²) in [4.78, 5) is 27.4. The lowest BCUT2D eigenvalue weighted by Crippen LogP contribution is -2.47. The number of aromatic nitrogens is 1. The number of amides is 3. The van der Waals surface area contributed by atoms with Crippen LogP contribution in [0.1, 0.15) is 31.1 Å². The second-order valence-electron chi connectivity index (χ2n) is 5.86. The summed E-state index contributed by atoms with van der Waals surface area (Å²) in [7, 11) is 1.46. The van der Waals surface area contributed by atoms with Gasteiger partial charge >= 0.3 is 6.03 Å². The van der Waals surface area contributed by atoms with Crippen LogP contribution in [0.5, 0.6) is 5.75 Å². The summed E-state index contributed by atoms with van der Waals surface area (Å²) in [5.41, 5.74) is 1.83. The molecule has 0 saturated carbocycles. The molecular weight excluding hydrogens is 332 g/mol. The number of nitrogens with zero attached hydrogens (tertiary/aromatic N) is 1. The molecule has 0 aliphatic rings. The highest BCUT2D eigenvalue weighted by Crippen LogP contribution is 2.20. The van der Waals surface area contributed by atoms with E-state index in [4.69, 9.17) is 4.74 Å². The lowest BCUT2D eigenvalue weighted by Gasteiger charge is -2.20. The Bertz CT molecular complexity index is 737. The predicted octanol–water partition coefficient (Wildman–Crippen LogP) is 2.16. The number of nitrogens with one attached hydrogen (secondary N) is 3. The van der Waals surface area contributed by atoms with Gasteiger partial charge in [0.05, 0.1) is 11.7 Å². The molecule has 0 radical (unpaired) electrons. The van der Waals surface area contributed by atoms with Gasteiger partial charge in [0.2, 0.25) is 5.91 Å². The van der Waals surface area contributed by atoms with Crippen LogP contribution in [0.3, 0.4) is 0 Å². The summed E-state index contributed by atoms with van der Waals surface area (Å²) in [6.45, 7) is 4.04. The van der Waals surface area contributed by atoms with Crippen molar-refractivity contribution in [3.05, 3.63) is 59.9 Å². The fourth-order valence-electron chi connectivity index (χ4n) is 2.34. The van der Waals surface area contributed by atoms with E-state index in [9.17, 15) is 9.59 Å². The number of carbonyl (C=O) groups is 2. The van der Waals surface area contributed by atoms with Gasteiger partial charge in [0, 0.05) is 19.3 Å². The molecule has 0 bridgehead atoms. The fraction of sp³-hybridized carbons (Fsp3) is 0.316. The Balaban J connectivity index is 1.93. The van der Waals surface area contributed by atoms with Gasteiger partial charge < -0.3 is 10.1 Å². The van der Waals surface area contributed by atoms with Gasteiger partial charge in [-0.25, -0.2) is 4.79 Å². The number of benzene rings is 1. The Hall–Kier alpha value is -2.93. The van der Waals surface area contributed by atoms with E-state index in [1.165, 1.54) is 7.05 Å². The normalized spacial score (nSPS) is 12.7. The number of rotatable bonds is 7. The van der Waals surface area contributed by atoms with E-state index in [2.05, 4.69) is 20.9 Å². The SMILES string of the molecule is CNC(=O)NC(=O)[C@@H](C)N[C@@H](C)c1cccc(OCc2ccccn2)c1. The molecule has 0 spiro atoms. The molecule has 7 nitrogen and oxygen atoms in total. The van der Waals surface area contributed by atoms with Gasteiger partial charge in [-0.1, -0.05) is 18.2 Å². The molecule has 7 heteroatoms. The maximum absolute atomic E-state index is 11.9. The van der Waals surface area contributed by atoms with Crippen LogP contribution in [0, 0.1) is 0 Å². The molecule has 3 amide bonds. The summed E-state index contributed by atoms with van der Waals surface area (Å²) >= 11 is 0. The average Bonchev–Trinajstić information content (AvgIpc) is 2.67. The van der Waals surface area contributed by atoms with E-state index in [0.29, 0.717) is 6.61 Å². The number of hydrogen-bond donors (Lipinski definition) is 3. The molecule has 0 aliphatic carbocycles. The van der Waals surface area contributed by atoms with Gasteiger partial charge in [0.1, 0.15) is 12.4 Å². The third-order valence-corrected chi connectivity index (χ3v) is 3.83. The molecule has 0 fully saturated rings. The first-order chi connectivity index (χ1) is 12.5. The highest BCUT2D eigenvalue weighted by molar-refractivity contribution is 5.96. The van der Waals surface area contributed by atoms with Crippen molar-refractivity contribution in [3.8, 4) is 5.75 Å². The Kier molecular flexibility index (Phi) is 7.11. The smallest absolute Gasteiger partial charge is 0.321 e. The Morgan fingerprint density at radius 3 is 2.65 bits per heavy atom. The first-order valence-corrected chi connectivity index (χ1v) is 8.41. The van der Waals surface area contributed by atoms with Crippen molar-refractivity contribution in [1.82, 2.24) is 20.9 Å². The van der Waals surface area contributed by atoms with Crippen LogP contribution in [-0.4, -0.2) is 30.0 Å². The summed E-state index contributed by atoms with van der Waals surface area (Å²) in [5.74, 6) is 0.336. The number of hydrogen-bond acceptors (Lipinski definition) is 5. The van der Waals surface area contributed by atoms with Crippen molar-refractivity contribution in [1.29, 1.82) is 0 Å². The van der Waals surface area contributed by atoms with E-state index < -0.39 is 18.0 Å². The Morgan fingerprint density at radius 2 is 1.96 bits per heavy atom. The highest BCUT2D eigenvalue weighted by Gasteiger charge is 2.18. The minimum Gasteiger partial charge on any atom is -0.487 e. The number of carbonyl (C=O) groups excluding carboxylic acids is 2. The van der Waals surface area contributed by atoms with Crippen molar-refractivity contribution in [3.63, 3.8) is 0 Å². The molecule has 1 aromatic carbocycles. The van der Waals surface area contributed by atoms with Crippen LogP contribution in [0.15, 0.2) is 48.7 Å². The molecule has 2 rings (SSSR count). The zero-order chi connectivity index (χ0) is 18.9. The molecule has 26 heavy (non-hydrogen) atoms. The fourth-order valence-corrected chi connectivity index (χ4v) is 2.34. The van der Waals surface area contributed by atoms with Crippen molar-refractivity contribution in [2.24, 2.45) is 0 Å². The van der Waals surface area contributed by atoms with Gasteiger partial charge in [-0.3, -0.25) is 20.4 Å². The molecule has 0 unspecified atom stereocenters. The summed E-state index contributed by atoms with van der Waals surface area (Å²) in [5, 5.41) is 7.77. The van der Waals surface area contributed by atoms with E-state index in [1.807, 2.05) is 49.4 Å². The van der Waals surface area contributed by atoms with Crippen molar-refractivity contribution < 1.29 is 14.3 Å². The topological polar surface area (TPSA) is 92.4 Å². The van der Waals surface area contributed by atoms with Crippen LogP contribution < -0.4 is 20.7 Å². The molecule has 2 atom stereocenters. The first kappa shape index (κ1) is 19.4. The third-order valence-electron chi connectivity index (χ3n) is 3.83. The third kappa shape index (κ3) is 5.86. The van der Waals surface area contributed by atoms with Crippen LogP contribution in [-0.2, 0) is 11.4 Å². The van der Waals surface area contributed by atoms with Gasteiger partial charge in [0.15, 0.2) is 0 Å². The second-order valence-corrected chi connectivity index (χ2v) is 5.86. The van der Waals surface area contributed by atoms with Crippen LogP contribution >= 0.6 is 0 Å². The quantitative estimate of drug-likeness (QED) is 0.707.